The average molecular weight is 251 g/mol. The third-order valence-electron chi connectivity index (χ3n) is 3.63. The summed E-state index contributed by atoms with van der Waals surface area (Å²) in [5.41, 5.74) is 0.334. The van der Waals surface area contributed by atoms with Crippen LogP contribution in [0.3, 0.4) is 0 Å². The van der Waals surface area contributed by atoms with Crippen molar-refractivity contribution in [2.75, 3.05) is 19.7 Å². The van der Waals surface area contributed by atoms with Gasteiger partial charge in [-0.1, -0.05) is 5.16 Å². The van der Waals surface area contributed by atoms with E-state index in [4.69, 9.17) is 4.52 Å². The minimum atomic E-state index is -0.224. The molecular formula is C12H17N3O3. The van der Waals surface area contributed by atoms with E-state index in [1.54, 1.807) is 6.07 Å². The molecule has 0 radical (unpaired) electrons. The lowest BCUT2D eigenvalue weighted by Crippen LogP contribution is -2.41. The Morgan fingerprint density at radius 2 is 2.39 bits per heavy atom. The Kier molecular flexibility index (Phi) is 3.05. The number of nitrogens with zero attached hydrogens (tertiary/aromatic N) is 1. The van der Waals surface area contributed by atoms with E-state index in [-0.39, 0.29) is 24.5 Å². The molecule has 18 heavy (non-hydrogen) atoms. The fraction of sp³-hybridized carbons (Fsp3) is 0.667. The van der Waals surface area contributed by atoms with Gasteiger partial charge in [0.1, 0.15) is 5.76 Å². The van der Waals surface area contributed by atoms with Crippen LogP contribution in [0.2, 0.25) is 0 Å². The van der Waals surface area contributed by atoms with Crippen LogP contribution in [-0.2, 0) is 0 Å². The topological polar surface area (TPSA) is 87.4 Å². The van der Waals surface area contributed by atoms with Crippen LogP contribution >= 0.6 is 0 Å². The van der Waals surface area contributed by atoms with E-state index in [1.807, 2.05) is 0 Å². The Balaban J connectivity index is 1.62. The molecule has 0 spiro atoms. The number of amides is 1. The molecule has 3 N–H and O–H groups in total. The Morgan fingerprint density at radius 3 is 3.11 bits per heavy atom. The Morgan fingerprint density at radius 1 is 1.56 bits per heavy atom. The zero-order valence-corrected chi connectivity index (χ0v) is 10.1. The number of aliphatic hydroxyl groups is 1. The Labute approximate surface area is 105 Å². The second kappa shape index (κ2) is 4.70. The monoisotopic (exact) mass is 251 g/mol. The number of hydrogen-bond acceptors (Lipinski definition) is 5. The number of carbonyl (C=O) groups excluding carboxylic acids is 1. The van der Waals surface area contributed by atoms with Gasteiger partial charge < -0.3 is 20.3 Å². The summed E-state index contributed by atoms with van der Waals surface area (Å²) in [4.78, 5) is 12.0. The van der Waals surface area contributed by atoms with Crippen molar-refractivity contribution in [3.63, 3.8) is 0 Å². The molecule has 3 rings (SSSR count). The molecule has 1 saturated carbocycles. The van der Waals surface area contributed by atoms with Crippen molar-refractivity contribution in [2.24, 2.45) is 5.92 Å². The summed E-state index contributed by atoms with van der Waals surface area (Å²) in [7, 11) is 0. The highest BCUT2D eigenvalue weighted by atomic mass is 16.5. The van der Waals surface area contributed by atoms with Gasteiger partial charge in [-0.3, -0.25) is 4.79 Å². The summed E-state index contributed by atoms with van der Waals surface area (Å²) in [5, 5.41) is 19.0. The van der Waals surface area contributed by atoms with Crippen LogP contribution in [0, 0.1) is 5.92 Å². The highest BCUT2D eigenvalue weighted by Gasteiger charge is 2.31. The molecule has 1 saturated heterocycles. The van der Waals surface area contributed by atoms with Crippen LogP contribution in [0.25, 0.3) is 0 Å². The predicted molar refractivity (Wildman–Crippen MR) is 63.2 cm³/mol. The van der Waals surface area contributed by atoms with Crippen LogP contribution in [0.1, 0.15) is 35.0 Å². The largest absolute Gasteiger partial charge is 0.396 e. The highest BCUT2D eigenvalue weighted by Crippen LogP contribution is 2.40. The zero-order valence-electron chi connectivity index (χ0n) is 10.1. The second-order valence-corrected chi connectivity index (χ2v) is 5.07. The quantitative estimate of drug-likeness (QED) is 0.693. The molecule has 2 atom stereocenters. The fourth-order valence-corrected chi connectivity index (χ4v) is 2.29. The predicted octanol–water partition coefficient (Wildman–Crippen LogP) is -0.138. The summed E-state index contributed by atoms with van der Waals surface area (Å²) in [6.45, 7) is 1.49. The molecule has 1 aromatic rings. The molecule has 6 heteroatoms. The number of nitrogens with one attached hydrogen (secondary N) is 2. The molecule has 0 unspecified atom stereocenters. The smallest absolute Gasteiger partial charge is 0.273 e. The normalized spacial score (nSPS) is 27.4. The van der Waals surface area contributed by atoms with E-state index >= 15 is 0 Å². The maximum absolute atomic E-state index is 12.0. The van der Waals surface area contributed by atoms with Gasteiger partial charge in [0.25, 0.3) is 5.91 Å². The van der Waals surface area contributed by atoms with E-state index in [0.717, 1.165) is 25.1 Å². The van der Waals surface area contributed by atoms with E-state index in [1.165, 1.54) is 0 Å². The van der Waals surface area contributed by atoms with Crippen molar-refractivity contribution in [1.29, 1.82) is 0 Å². The maximum Gasteiger partial charge on any atom is 0.273 e. The van der Waals surface area contributed by atoms with Gasteiger partial charge in [-0.25, -0.2) is 0 Å². The van der Waals surface area contributed by atoms with Crippen molar-refractivity contribution < 1.29 is 14.4 Å². The van der Waals surface area contributed by atoms with Crippen LogP contribution < -0.4 is 10.6 Å². The molecular weight excluding hydrogens is 234 g/mol. The second-order valence-electron chi connectivity index (χ2n) is 5.07. The summed E-state index contributed by atoms with van der Waals surface area (Å²) in [5.74, 6) is 1.11. The minimum Gasteiger partial charge on any atom is -0.396 e. The summed E-state index contributed by atoms with van der Waals surface area (Å²) in [6.07, 6.45) is 2.24. The van der Waals surface area contributed by atoms with Crippen molar-refractivity contribution >= 4 is 5.91 Å². The van der Waals surface area contributed by atoms with Crippen molar-refractivity contribution in [3.05, 3.63) is 17.5 Å². The van der Waals surface area contributed by atoms with Crippen LogP contribution in [0.4, 0.5) is 0 Å². The van der Waals surface area contributed by atoms with Gasteiger partial charge in [0.2, 0.25) is 0 Å². The van der Waals surface area contributed by atoms with Crippen molar-refractivity contribution in [1.82, 2.24) is 15.8 Å². The molecule has 1 amide bonds. The third-order valence-corrected chi connectivity index (χ3v) is 3.63. The average Bonchev–Trinajstić information content (AvgIpc) is 2.93. The van der Waals surface area contributed by atoms with Crippen LogP contribution in [0.15, 0.2) is 10.6 Å². The van der Waals surface area contributed by atoms with E-state index in [0.29, 0.717) is 18.2 Å². The number of rotatable bonds is 4. The summed E-state index contributed by atoms with van der Waals surface area (Å²) in [6, 6.07) is 1.69. The van der Waals surface area contributed by atoms with E-state index < -0.39 is 0 Å². The van der Waals surface area contributed by atoms with Crippen molar-refractivity contribution in [3.8, 4) is 0 Å². The van der Waals surface area contributed by atoms with Gasteiger partial charge in [-0.2, -0.15) is 0 Å². The molecule has 1 aromatic heterocycles. The van der Waals surface area contributed by atoms with Gasteiger partial charge >= 0.3 is 0 Å². The summed E-state index contributed by atoms with van der Waals surface area (Å²) >= 11 is 0. The first kappa shape index (κ1) is 11.7. The first-order valence-corrected chi connectivity index (χ1v) is 6.37. The standard InChI is InChI=1S/C12H17N3O3/c16-6-8-4-13-5-10(8)14-12(17)9-3-11(18-15-9)7-1-2-7/h3,7-8,10,13,16H,1-2,4-6H2,(H,14,17)/t8-,10-/m1/s1. The SMILES string of the molecule is O=C(N[C@@H]1CNC[C@@H]1CO)c1cc(C2CC2)on1. The minimum absolute atomic E-state index is 0.0384. The Hall–Kier alpha value is -1.40. The molecule has 1 aliphatic carbocycles. The molecule has 2 fully saturated rings. The van der Waals surface area contributed by atoms with Gasteiger partial charge in [-0.05, 0) is 12.8 Å². The number of aromatic nitrogens is 1. The molecule has 2 heterocycles. The molecule has 0 aromatic carbocycles. The van der Waals surface area contributed by atoms with Gasteiger partial charge in [0.05, 0.1) is 0 Å². The van der Waals surface area contributed by atoms with Crippen LogP contribution in [0.5, 0.6) is 0 Å². The Bertz CT molecular complexity index is 442. The first-order valence-electron chi connectivity index (χ1n) is 6.37. The third kappa shape index (κ3) is 2.26. The van der Waals surface area contributed by atoms with E-state index in [9.17, 15) is 9.90 Å². The number of aliphatic hydroxyl groups excluding tert-OH is 1. The molecule has 98 valence electrons. The lowest BCUT2D eigenvalue weighted by Gasteiger charge is -2.16. The fourth-order valence-electron chi connectivity index (χ4n) is 2.29. The highest BCUT2D eigenvalue weighted by molar-refractivity contribution is 5.92. The maximum atomic E-state index is 12.0. The number of carbonyl (C=O) groups is 1. The van der Waals surface area contributed by atoms with Gasteiger partial charge in [-0.15, -0.1) is 0 Å². The lowest BCUT2D eigenvalue weighted by atomic mass is 10.1. The molecule has 6 nitrogen and oxygen atoms in total. The van der Waals surface area contributed by atoms with Gasteiger partial charge in [0, 0.05) is 43.6 Å². The van der Waals surface area contributed by atoms with Gasteiger partial charge in [0.15, 0.2) is 5.69 Å². The van der Waals surface area contributed by atoms with Crippen LogP contribution in [-0.4, -0.2) is 41.9 Å². The molecule has 2 aliphatic rings. The molecule has 1 aliphatic heterocycles. The number of hydrogen-bond donors (Lipinski definition) is 3. The van der Waals surface area contributed by atoms with Crippen molar-refractivity contribution in [2.45, 2.75) is 24.8 Å². The zero-order chi connectivity index (χ0) is 12.5. The lowest BCUT2D eigenvalue weighted by molar-refractivity contribution is 0.0912. The van der Waals surface area contributed by atoms with E-state index in [2.05, 4.69) is 15.8 Å². The molecule has 0 bridgehead atoms. The first-order chi connectivity index (χ1) is 8.78. The summed E-state index contributed by atoms with van der Waals surface area (Å²) < 4.78 is 5.15.